The topological polar surface area (TPSA) is 59.8 Å². The Bertz CT molecular complexity index is 1240. The summed E-state index contributed by atoms with van der Waals surface area (Å²) in [5.41, 5.74) is 5.08. The number of carbonyl (C=O) groups excluding carboxylic acids is 1. The van der Waals surface area contributed by atoms with E-state index in [0.29, 0.717) is 16.6 Å². The Hall–Kier alpha value is -3.09. The molecular formula is C26H25ClN4OS. The molecule has 5 nitrogen and oxygen atoms in total. The van der Waals surface area contributed by atoms with Crippen molar-refractivity contribution in [3.05, 3.63) is 100 Å². The minimum Gasteiger partial charge on any atom is -0.325 e. The molecule has 4 aromatic rings. The van der Waals surface area contributed by atoms with Gasteiger partial charge >= 0.3 is 0 Å². The van der Waals surface area contributed by atoms with Crippen molar-refractivity contribution in [1.82, 2.24) is 14.8 Å². The monoisotopic (exact) mass is 476 g/mol. The first-order chi connectivity index (χ1) is 16.0. The molecule has 4 rings (SSSR count). The predicted molar refractivity (Wildman–Crippen MR) is 136 cm³/mol. The molecule has 0 spiro atoms. The lowest BCUT2D eigenvalue weighted by molar-refractivity contribution is -0.113. The number of nitrogens with one attached hydrogen (secondary N) is 1. The maximum Gasteiger partial charge on any atom is 0.234 e. The summed E-state index contributed by atoms with van der Waals surface area (Å²) in [6.45, 7) is 4.07. The normalized spacial score (nSPS) is 10.9. The van der Waals surface area contributed by atoms with E-state index in [-0.39, 0.29) is 11.7 Å². The van der Waals surface area contributed by atoms with Gasteiger partial charge in [0.15, 0.2) is 5.16 Å². The summed E-state index contributed by atoms with van der Waals surface area (Å²) >= 11 is 7.44. The third-order valence-electron chi connectivity index (χ3n) is 5.31. The maximum atomic E-state index is 12.6. The molecular weight excluding hydrogens is 452 g/mol. The third kappa shape index (κ3) is 5.83. The molecule has 1 N–H and O–H groups in total. The number of halogens is 1. The molecule has 0 aliphatic heterocycles. The summed E-state index contributed by atoms with van der Waals surface area (Å²) in [7, 11) is 0. The van der Waals surface area contributed by atoms with Gasteiger partial charge < -0.3 is 5.32 Å². The lowest BCUT2D eigenvalue weighted by Crippen LogP contribution is -2.15. The first-order valence-electron chi connectivity index (χ1n) is 10.8. The zero-order valence-corrected chi connectivity index (χ0v) is 20.2. The fourth-order valence-corrected chi connectivity index (χ4v) is 4.41. The number of thioether (sulfide) groups is 1. The lowest BCUT2D eigenvalue weighted by Gasteiger charge is -2.12. The van der Waals surface area contributed by atoms with Crippen molar-refractivity contribution in [3.63, 3.8) is 0 Å². The highest BCUT2D eigenvalue weighted by atomic mass is 35.5. The molecule has 0 bridgehead atoms. The van der Waals surface area contributed by atoms with Crippen LogP contribution in [0, 0.1) is 6.92 Å². The van der Waals surface area contributed by atoms with Crippen LogP contribution in [0.3, 0.4) is 0 Å². The van der Waals surface area contributed by atoms with E-state index in [1.54, 1.807) is 6.07 Å². The SMILES string of the molecule is CCc1ccc(-n2c(Cc3ccccc3)nnc2SCC(=O)Nc2cc(Cl)ccc2C)cc1. The molecule has 0 atom stereocenters. The van der Waals surface area contributed by atoms with Crippen LogP contribution in [0.25, 0.3) is 5.69 Å². The highest BCUT2D eigenvalue weighted by Crippen LogP contribution is 2.25. The van der Waals surface area contributed by atoms with Crippen LogP contribution in [0.1, 0.15) is 29.4 Å². The molecule has 1 heterocycles. The van der Waals surface area contributed by atoms with Crippen LogP contribution in [0.4, 0.5) is 5.69 Å². The van der Waals surface area contributed by atoms with Gasteiger partial charge in [-0.05, 0) is 54.3 Å². The van der Waals surface area contributed by atoms with Crippen LogP contribution < -0.4 is 5.32 Å². The molecule has 1 aromatic heterocycles. The second kappa shape index (κ2) is 10.7. The van der Waals surface area contributed by atoms with Crippen molar-refractivity contribution < 1.29 is 4.79 Å². The van der Waals surface area contributed by atoms with Gasteiger partial charge in [0.25, 0.3) is 0 Å². The molecule has 33 heavy (non-hydrogen) atoms. The fraction of sp³-hybridized carbons (Fsp3) is 0.192. The Morgan fingerprint density at radius 1 is 1.00 bits per heavy atom. The largest absolute Gasteiger partial charge is 0.325 e. The summed E-state index contributed by atoms with van der Waals surface area (Å²) in [6, 6.07) is 24.0. The van der Waals surface area contributed by atoms with Gasteiger partial charge in [-0.2, -0.15) is 0 Å². The average Bonchev–Trinajstić information content (AvgIpc) is 3.23. The zero-order valence-electron chi connectivity index (χ0n) is 18.6. The number of rotatable bonds is 8. The Labute approximate surface area is 203 Å². The number of aryl methyl sites for hydroxylation is 2. The fourth-order valence-electron chi connectivity index (χ4n) is 3.47. The molecule has 0 unspecified atom stereocenters. The van der Waals surface area contributed by atoms with Gasteiger partial charge in [-0.25, -0.2) is 0 Å². The highest BCUT2D eigenvalue weighted by Gasteiger charge is 2.17. The van der Waals surface area contributed by atoms with E-state index in [1.165, 1.54) is 17.3 Å². The molecule has 168 valence electrons. The molecule has 0 fully saturated rings. The molecule has 0 saturated carbocycles. The molecule has 0 saturated heterocycles. The van der Waals surface area contributed by atoms with Crippen molar-refractivity contribution >= 4 is 35.0 Å². The van der Waals surface area contributed by atoms with Gasteiger partial charge in [0.2, 0.25) is 5.91 Å². The number of nitrogens with zero attached hydrogens (tertiary/aromatic N) is 3. The van der Waals surface area contributed by atoms with E-state index in [0.717, 1.165) is 34.7 Å². The van der Waals surface area contributed by atoms with Crippen LogP contribution >= 0.6 is 23.4 Å². The van der Waals surface area contributed by atoms with Crippen LogP contribution in [0.15, 0.2) is 78.0 Å². The number of amides is 1. The molecule has 7 heteroatoms. The van der Waals surface area contributed by atoms with Crippen LogP contribution in [-0.2, 0) is 17.6 Å². The van der Waals surface area contributed by atoms with Crippen LogP contribution in [-0.4, -0.2) is 26.4 Å². The summed E-state index contributed by atoms with van der Waals surface area (Å²) in [4.78, 5) is 12.6. The average molecular weight is 477 g/mol. The van der Waals surface area contributed by atoms with Crippen molar-refractivity contribution in [2.45, 2.75) is 31.8 Å². The van der Waals surface area contributed by atoms with Gasteiger partial charge in [0.05, 0.1) is 5.75 Å². The first-order valence-corrected chi connectivity index (χ1v) is 12.2. The Morgan fingerprint density at radius 2 is 1.76 bits per heavy atom. The summed E-state index contributed by atoms with van der Waals surface area (Å²) in [6.07, 6.45) is 1.63. The van der Waals surface area contributed by atoms with E-state index in [4.69, 9.17) is 11.6 Å². The van der Waals surface area contributed by atoms with Crippen molar-refractivity contribution in [1.29, 1.82) is 0 Å². The van der Waals surface area contributed by atoms with Crippen LogP contribution in [0.5, 0.6) is 0 Å². The van der Waals surface area contributed by atoms with E-state index in [9.17, 15) is 4.79 Å². The van der Waals surface area contributed by atoms with Crippen molar-refractivity contribution in [2.24, 2.45) is 0 Å². The van der Waals surface area contributed by atoms with Crippen molar-refractivity contribution in [3.8, 4) is 5.69 Å². The second-order valence-electron chi connectivity index (χ2n) is 7.71. The summed E-state index contributed by atoms with van der Waals surface area (Å²) in [5.74, 6) is 0.924. The highest BCUT2D eigenvalue weighted by molar-refractivity contribution is 7.99. The van der Waals surface area contributed by atoms with Gasteiger partial charge in [0, 0.05) is 22.8 Å². The lowest BCUT2D eigenvalue weighted by atomic mass is 10.1. The number of benzene rings is 3. The zero-order chi connectivity index (χ0) is 23.2. The number of aromatic nitrogens is 3. The molecule has 0 aliphatic rings. The summed E-state index contributed by atoms with van der Waals surface area (Å²) in [5, 5.41) is 13.1. The first kappa shape index (κ1) is 23.1. The van der Waals surface area contributed by atoms with Crippen molar-refractivity contribution in [2.75, 3.05) is 11.1 Å². The van der Waals surface area contributed by atoms with E-state index in [1.807, 2.05) is 41.8 Å². The van der Waals surface area contributed by atoms with E-state index >= 15 is 0 Å². The molecule has 1 amide bonds. The Kier molecular flexibility index (Phi) is 7.47. The minimum absolute atomic E-state index is 0.120. The smallest absolute Gasteiger partial charge is 0.234 e. The Morgan fingerprint density at radius 3 is 2.48 bits per heavy atom. The number of hydrogen-bond acceptors (Lipinski definition) is 4. The number of anilines is 1. The number of hydrogen-bond donors (Lipinski definition) is 1. The van der Waals surface area contributed by atoms with Gasteiger partial charge in [-0.1, -0.05) is 78.8 Å². The van der Waals surface area contributed by atoms with E-state index < -0.39 is 0 Å². The third-order valence-corrected chi connectivity index (χ3v) is 6.48. The molecule has 3 aromatic carbocycles. The number of carbonyl (C=O) groups is 1. The van der Waals surface area contributed by atoms with Gasteiger partial charge in [-0.15, -0.1) is 10.2 Å². The van der Waals surface area contributed by atoms with Gasteiger partial charge in [-0.3, -0.25) is 9.36 Å². The van der Waals surface area contributed by atoms with Gasteiger partial charge in [0.1, 0.15) is 5.82 Å². The standard InChI is InChI=1S/C26H25ClN4OS/c1-3-19-10-13-22(14-11-19)31-24(15-20-7-5-4-6-8-20)29-30-26(31)33-17-25(32)28-23-16-21(27)12-9-18(23)2/h4-14,16H,3,15,17H2,1-2H3,(H,28,32). The van der Waals surface area contributed by atoms with Crippen LogP contribution in [0.2, 0.25) is 5.02 Å². The molecule has 0 aliphatic carbocycles. The van der Waals surface area contributed by atoms with E-state index in [2.05, 4.69) is 58.8 Å². The molecule has 0 radical (unpaired) electrons. The predicted octanol–water partition coefficient (Wildman–Crippen LogP) is 6.11. The quantitative estimate of drug-likeness (QED) is 0.311. The Balaban J connectivity index is 1.56. The summed E-state index contributed by atoms with van der Waals surface area (Å²) < 4.78 is 2.04. The second-order valence-corrected chi connectivity index (χ2v) is 9.09. The minimum atomic E-state index is -0.120. The maximum absolute atomic E-state index is 12.6.